The molecule has 1 amide bonds. The average Bonchev–Trinajstić information content (AvgIpc) is 2.29. The van der Waals surface area contributed by atoms with Crippen LogP contribution in [0.5, 0.6) is 0 Å². The highest BCUT2D eigenvalue weighted by atomic mass is 16.4. The number of carbonyl (C=O) groups is 1. The normalized spacial score (nSPS) is 11.1. The molecule has 0 aliphatic heterocycles. The summed E-state index contributed by atoms with van der Waals surface area (Å²) in [6, 6.07) is 8.47. The molecule has 0 spiro atoms. The number of carbonyl (C=O) groups excluding carboxylic acids is 1. The Labute approximate surface area is 87.0 Å². The summed E-state index contributed by atoms with van der Waals surface area (Å²) in [7, 11) is 0. The molecule has 15 heavy (non-hydrogen) atoms. The SMILES string of the molecule is O=C(Nc1ccccc1)C(O)(CO)CO. The molecular weight excluding hydrogens is 198 g/mol. The van der Waals surface area contributed by atoms with E-state index >= 15 is 0 Å². The van der Waals surface area contributed by atoms with Gasteiger partial charge >= 0.3 is 0 Å². The Balaban J connectivity index is 2.71. The van der Waals surface area contributed by atoms with Gasteiger partial charge in [-0.05, 0) is 12.1 Å². The van der Waals surface area contributed by atoms with Gasteiger partial charge in [-0.1, -0.05) is 18.2 Å². The van der Waals surface area contributed by atoms with Crippen LogP contribution in [0.3, 0.4) is 0 Å². The third-order valence-corrected chi connectivity index (χ3v) is 1.98. The van der Waals surface area contributed by atoms with Gasteiger partial charge < -0.3 is 20.6 Å². The van der Waals surface area contributed by atoms with Gasteiger partial charge in [-0.25, -0.2) is 0 Å². The number of amides is 1. The van der Waals surface area contributed by atoms with E-state index in [4.69, 9.17) is 10.2 Å². The van der Waals surface area contributed by atoms with Gasteiger partial charge in [0.25, 0.3) is 5.91 Å². The first-order valence-electron chi connectivity index (χ1n) is 4.43. The third-order valence-electron chi connectivity index (χ3n) is 1.98. The molecule has 0 atom stereocenters. The summed E-state index contributed by atoms with van der Waals surface area (Å²) in [5, 5.41) is 29.3. The van der Waals surface area contributed by atoms with Crippen molar-refractivity contribution in [3.05, 3.63) is 30.3 Å². The van der Waals surface area contributed by atoms with Gasteiger partial charge in [-0.3, -0.25) is 4.79 Å². The summed E-state index contributed by atoms with van der Waals surface area (Å²) in [5.41, 5.74) is -1.65. The molecule has 0 aliphatic carbocycles. The summed E-state index contributed by atoms with van der Waals surface area (Å²) in [4.78, 5) is 11.4. The molecule has 5 heteroatoms. The molecule has 0 unspecified atom stereocenters. The van der Waals surface area contributed by atoms with Crippen LogP contribution in [-0.4, -0.2) is 40.0 Å². The average molecular weight is 211 g/mol. The van der Waals surface area contributed by atoms with Crippen LogP contribution in [0.1, 0.15) is 0 Å². The zero-order valence-corrected chi connectivity index (χ0v) is 8.05. The van der Waals surface area contributed by atoms with Crippen molar-refractivity contribution in [2.45, 2.75) is 5.60 Å². The number of hydrogen-bond donors (Lipinski definition) is 4. The first-order chi connectivity index (χ1) is 7.12. The fraction of sp³-hybridized carbons (Fsp3) is 0.300. The smallest absolute Gasteiger partial charge is 0.261 e. The fourth-order valence-corrected chi connectivity index (χ4v) is 0.963. The van der Waals surface area contributed by atoms with Gasteiger partial charge in [-0.2, -0.15) is 0 Å². The van der Waals surface area contributed by atoms with E-state index in [1.165, 1.54) is 0 Å². The lowest BCUT2D eigenvalue weighted by Crippen LogP contribution is -2.49. The van der Waals surface area contributed by atoms with Crippen LogP contribution in [-0.2, 0) is 4.79 Å². The largest absolute Gasteiger partial charge is 0.393 e. The molecule has 0 aliphatic rings. The second kappa shape index (κ2) is 4.88. The molecule has 0 radical (unpaired) electrons. The summed E-state index contributed by atoms with van der Waals surface area (Å²) in [6.07, 6.45) is 0. The standard InChI is InChI=1S/C10H13NO4/c12-6-10(15,7-13)9(14)11-8-4-2-1-3-5-8/h1-5,12-13,15H,6-7H2,(H,11,14). The van der Waals surface area contributed by atoms with Crippen LogP contribution >= 0.6 is 0 Å². The molecule has 0 aromatic heterocycles. The fourth-order valence-electron chi connectivity index (χ4n) is 0.963. The van der Waals surface area contributed by atoms with Crippen LogP contribution in [0.15, 0.2) is 30.3 Å². The molecule has 5 nitrogen and oxygen atoms in total. The molecule has 0 saturated heterocycles. The number of nitrogens with one attached hydrogen (secondary N) is 1. The highest BCUT2D eigenvalue weighted by molar-refractivity contribution is 5.97. The van der Waals surface area contributed by atoms with Gasteiger partial charge in [0, 0.05) is 5.69 Å². The van der Waals surface area contributed by atoms with Crippen LogP contribution in [0.4, 0.5) is 5.69 Å². The van der Waals surface area contributed by atoms with Crippen LogP contribution in [0, 0.1) is 0 Å². The minimum absolute atomic E-state index is 0.489. The highest BCUT2D eigenvalue weighted by Gasteiger charge is 2.34. The van der Waals surface area contributed by atoms with E-state index in [1.807, 2.05) is 0 Å². The Hall–Kier alpha value is -1.43. The summed E-state index contributed by atoms with van der Waals surface area (Å²) in [6.45, 7) is -1.66. The Morgan fingerprint density at radius 2 is 1.73 bits per heavy atom. The highest BCUT2D eigenvalue weighted by Crippen LogP contribution is 2.10. The quantitative estimate of drug-likeness (QED) is 0.532. The maximum Gasteiger partial charge on any atom is 0.261 e. The van der Waals surface area contributed by atoms with Crippen molar-refractivity contribution < 1.29 is 20.1 Å². The summed E-state index contributed by atoms with van der Waals surface area (Å²) in [5.74, 6) is -0.835. The summed E-state index contributed by atoms with van der Waals surface area (Å²) >= 11 is 0. The molecule has 4 N–H and O–H groups in total. The minimum atomic E-state index is -2.14. The van der Waals surface area contributed by atoms with Gasteiger partial charge in [-0.15, -0.1) is 0 Å². The lowest BCUT2D eigenvalue weighted by atomic mass is 10.1. The van der Waals surface area contributed by atoms with Crippen molar-refractivity contribution in [2.75, 3.05) is 18.5 Å². The Morgan fingerprint density at radius 1 is 1.20 bits per heavy atom. The maximum atomic E-state index is 11.4. The van der Waals surface area contributed by atoms with Crippen LogP contribution in [0.25, 0.3) is 0 Å². The van der Waals surface area contributed by atoms with E-state index in [-0.39, 0.29) is 0 Å². The number of benzene rings is 1. The van der Waals surface area contributed by atoms with Crippen molar-refractivity contribution in [3.63, 3.8) is 0 Å². The van der Waals surface area contributed by atoms with E-state index in [9.17, 15) is 9.90 Å². The van der Waals surface area contributed by atoms with Crippen molar-refractivity contribution >= 4 is 11.6 Å². The molecule has 1 rings (SSSR count). The lowest BCUT2D eigenvalue weighted by Gasteiger charge is -2.21. The predicted molar refractivity (Wildman–Crippen MR) is 54.2 cm³/mol. The zero-order chi connectivity index (χ0) is 11.3. The number of rotatable bonds is 4. The number of anilines is 1. The Bertz CT molecular complexity index is 321. The van der Waals surface area contributed by atoms with Gasteiger partial charge in [0.1, 0.15) is 0 Å². The first kappa shape index (κ1) is 11.6. The van der Waals surface area contributed by atoms with E-state index in [1.54, 1.807) is 30.3 Å². The number of aliphatic hydroxyl groups excluding tert-OH is 2. The first-order valence-corrected chi connectivity index (χ1v) is 4.43. The molecule has 0 bridgehead atoms. The molecule has 0 saturated carbocycles. The van der Waals surface area contributed by atoms with Gasteiger partial charge in [0.2, 0.25) is 0 Å². The van der Waals surface area contributed by atoms with Crippen molar-refractivity contribution in [1.82, 2.24) is 0 Å². The maximum absolute atomic E-state index is 11.4. The van der Waals surface area contributed by atoms with Gasteiger partial charge in [0.15, 0.2) is 5.60 Å². The monoisotopic (exact) mass is 211 g/mol. The lowest BCUT2D eigenvalue weighted by molar-refractivity contribution is -0.143. The Kier molecular flexibility index (Phi) is 3.79. The van der Waals surface area contributed by atoms with Crippen molar-refractivity contribution in [1.29, 1.82) is 0 Å². The molecular formula is C10H13NO4. The van der Waals surface area contributed by atoms with Crippen molar-refractivity contribution in [2.24, 2.45) is 0 Å². The van der Waals surface area contributed by atoms with E-state index < -0.39 is 24.7 Å². The number of aliphatic hydroxyl groups is 3. The topological polar surface area (TPSA) is 89.8 Å². The summed E-state index contributed by atoms with van der Waals surface area (Å²) < 4.78 is 0. The van der Waals surface area contributed by atoms with E-state index in [2.05, 4.69) is 5.32 Å². The molecule has 1 aromatic carbocycles. The molecule has 1 aromatic rings. The van der Waals surface area contributed by atoms with E-state index in [0.29, 0.717) is 5.69 Å². The minimum Gasteiger partial charge on any atom is -0.393 e. The predicted octanol–water partition coefficient (Wildman–Crippen LogP) is -0.659. The third kappa shape index (κ3) is 2.76. The second-order valence-electron chi connectivity index (χ2n) is 3.17. The zero-order valence-electron chi connectivity index (χ0n) is 8.05. The Morgan fingerprint density at radius 3 is 2.20 bits per heavy atom. The van der Waals surface area contributed by atoms with Crippen LogP contribution in [0.2, 0.25) is 0 Å². The molecule has 0 fully saturated rings. The number of para-hydroxylation sites is 1. The molecule has 82 valence electrons. The van der Waals surface area contributed by atoms with Crippen molar-refractivity contribution in [3.8, 4) is 0 Å². The van der Waals surface area contributed by atoms with Crippen LogP contribution < -0.4 is 5.32 Å². The second-order valence-corrected chi connectivity index (χ2v) is 3.17. The molecule has 0 heterocycles. The van der Waals surface area contributed by atoms with E-state index in [0.717, 1.165) is 0 Å². The van der Waals surface area contributed by atoms with Gasteiger partial charge in [0.05, 0.1) is 13.2 Å². The number of hydrogen-bond acceptors (Lipinski definition) is 4.